The average molecular weight is 438 g/mol. The van der Waals surface area contributed by atoms with Gasteiger partial charge >= 0.3 is 12.0 Å². The van der Waals surface area contributed by atoms with Gasteiger partial charge in [0.25, 0.3) is 11.8 Å². The number of imide groups is 1. The number of halogens is 1. The van der Waals surface area contributed by atoms with Crippen LogP contribution in [0, 0.1) is 5.92 Å². The molecule has 144 valence electrons. The Morgan fingerprint density at radius 2 is 1.81 bits per heavy atom. The fourth-order valence-electron chi connectivity index (χ4n) is 3.34. The molecule has 0 atom stereocenters. The van der Waals surface area contributed by atoms with Crippen LogP contribution in [0.5, 0.6) is 0 Å². The zero-order valence-electron chi connectivity index (χ0n) is 14.6. The van der Waals surface area contributed by atoms with E-state index in [9.17, 15) is 19.2 Å². The number of carboxylic acids is 1. The summed E-state index contributed by atoms with van der Waals surface area (Å²) >= 11 is 3.29. The van der Waals surface area contributed by atoms with Gasteiger partial charge in [0.05, 0.1) is 17.0 Å². The summed E-state index contributed by atoms with van der Waals surface area (Å²) in [7, 11) is 0. The molecule has 2 N–H and O–H groups in total. The van der Waals surface area contributed by atoms with Gasteiger partial charge in [0.1, 0.15) is 0 Å². The monoisotopic (exact) mass is 437 g/mol. The summed E-state index contributed by atoms with van der Waals surface area (Å²) in [5, 5.41) is 11.7. The summed E-state index contributed by atoms with van der Waals surface area (Å²) in [6, 6.07) is 4.74. The number of carboxylic acid groups (broad SMARTS) is 1. The Morgan fingerprint density at radius 1 is 1.15 bits per heavy atom. The van der Waals surface area contributed by atoms with Gasteiger partial charge in [-0.25, -0.2) is 4.79 Å². The van der Waals surface area contributed by atoms with E-state index in [4.69, 9.17) is 5.11 Å². The van der Waals surface area contributed by atoms with Gasteiger partial charge < -0.3 is 15.3 Å². The molecule has 2 aliphatic rings. The molecule has 3 rings (SSSR count). The first-order valence-electron chi connectivity index (χ1n) is 8.80. The third-order valence-electron chi connectivity index (χ3n) is 4.90. The molecule has 2 aliphatic heterocycles. The molecular weight excluding hydrogens is 418 g/mol. The van der Waals surface area contributed by atoms with Gasteiger partial charge in [-0.2, -0.15) is 0 Å². The van der Waals surface area contributed by atoms with Crippen molar-refractivity contribution >= 4 is 39.7 Å². The van der Waals surface area contributed by atoms with E-state index in [1.807, 2.05) is 0 Å². The number of aliphatic carboxylic acids is 1. The summed E-state index contributed by atoms with van der Waals surface area (Å²) in [5.74, 6) is -1.84. The molecule has 27 heavy (non-hydrogen) atoms. The second kappa shape index (κ2) is 8.08. The van der Waals surface area contributed by atoms with Crippen LogP contribution >= 0.6 is 15.9 Å². The number of nitrogens with one attached hydrogen (secondary N) is 1. The van der Waals surface area contributed by atoms with Gasteiger partial charge in [-0.1, -0.05) is 15.9 Å². The number of piperidine rings is 1. The molecule has 0 unspecified atom stereocenters. The fourth-order valence-corrected chi connectivity index (χ4v) is 3.70. The third-order valence-corrected chi connectivity index (χ3v) is 5.39. The SMILES string of the molecule is O=C(O)C1CCN(C(=O)NCCCN2C(=O)c3ccc(Br)cc3C2=O)CC1. The number of carbonyl (C=O) groups is 4. The summed E-state index contributed by atoms with van der Waals surface area (Å²) in [4.78, 5) is 50.5. The number of nitrogens with zero attached hydrogens (tertiary/aromatic N) is 2. The number of rotatable bonds is 5. The second-order valence-electron chi connectivity index (χ2n) is 6.64. The Bertz CT molecular complexity index is 789. The molecule has 0 spiro atoms. The van der Waals surface area contributed by atoms with Crippen molar-refractivity contribution in [2.45, 2.75) is 19.3 Å². The lowest BCUT2D eigenvalue weighted by molar-refractivity contribution is -0.143. The molecular formula is C18H20BrN3O5. The zero-order valence-corrected chi connectivity index (χ0v) is 16.2. The molecule has 0 aromatic heterocycles. The fraction of sp³-hybridized carbons (Fsp3) is 0.444. The minimum atomic E-state index is -0.817. The maximum atomic E-state index is 12.4. The molecule has 1 aromatic rings. The number of amides is 4. The molecule has 8 nitrogen and oxygen atoms in total. The number of urea groups is 1. The van der Waals surface area contributed by atoms with Crippen LogP contribution in [0.4, 0.5) is 4.79 Å². The predicted octanol–water partition coefficient (Wildman–Crippen LogP) is 1.94. The Morgan fingerprint density at radius 3 is 2.48 bits per heavy atom. The lowest BCUT2D eigenvalue weighted by Gasteiger charge is -2.30. The lowest BCUT2D eigenvalue weighted by Crippen LogP contribution is -2.46. The lowest BCUT2D eigenvalue weighted by atomic mass is 9.97. The normalized spacial score (nSPS) is 17.2. The van der Waals surface area contributed by atoms with Crippen LogP contribution in [0.3, 0.4) is 0 Å². The molecule has 1 fully saturated rings. The van der Waals surface area contributed by atoms with Crippen molar-refractivity contribution in [3.8, 4) is 0 Å². The minimum absolute atomic E-state index is 0.228. The molecule has 2 heterocycles. The molecule has 0 bridgehead atoms. The highest BCUT2D eigenvalue weighted by atomic mass is 79.9. The number of carbonyl (C=O) groups excluding carboxylic acids is 3. The van der Waals surface area contributed by atoms with E-state index in [2.05, 4.69) is 21.2 Å². The highest BCUT2D eigenvalue weighted by Crippen LogP contribution is 2.26. The maximum absolute atomic E-state index is 12.4. The smallest absolute Gasteiger partial charge is 0.317 e. The molecule has 0 aliphatic carbocycles. The van der Waals surface area contributed by atoms with Gasteiger partial charge in [-0.15, -0.1) is 0 Å². The van der Waals surface area contributed by atoms with E-state index in [-0.39, 0.29) is 30.3 Å². The van der Waals surface area contributed by atoms with E-state index in [0.717, 1.165) is 4.47 Å². The Kier molecular flexibility index (Phi) is 5.79. The van der Waals surface area contributed by atoms with Gasteiger partial charge in [-0.3, -0.25) is 19.3 Å². The van der Waals surface area contributed by atoms with Crippen molar-refractivity contribution < 1.29 is 24.3 Å². The quantitative estimate of drug-likeness (QED) is 0.540. The van der Waals surface area contributed by atoms with Gasteiger partial charge in [0, 0.05) is 30.7 Å². The van der Waals surface area contributed by atoms with E-state index < -0.39 is 5.97 Å². The van der Waals surface area contributed by atoms with E-state index in [1.54, 1.807) is 23.1 Å². The van der Waals surface area contributed by atoms with Crippen molar-refractivity contribution in [3.63, 3.8) is 0 Å². The number of hydrogen-bond acceptors (Lipinski definition) is 4. The summed E-state index contributed by atoms with van der Waals surface area (Å²) in [5.41, 5.74) is 0.785. The van der Waals surface area contributed by atoms with Crippen LogP contribution in [0.2, 0.25) is 0 Å². The van der Waals surface area contributed by atoms with Crippen molar-refractivity contribution in [1.82, 2.24) is 15.1 Å². The van der Waals surface area contributed by atoms with Crippen molar-refractivity contribution in [2.75, 3.05) is 26.2 Å². The minimum Gasteiger partial charge on any atom is -0.481 e. The highest BCUT2D eigenvalue weighted by molar-refractivity contribution is 9.10. The molecule has 9 heteroatoms. The predicted molar refractivity (Wildman–Crippen MR) is 99.5 cm³/mol. The standard InChI is InChI=1S/C18H20BrN3O5/c19-12-2-3-13-14(10-12)16(24)22(15(13)23)7-1-6-20-18(27)21-8-4-11(5-9-21)17(25)26/h2-3,10-11H,1,4-9H2,(H,20,27)(H,25,26). The Balaban J connectivity index is 1.43. The molecule has 0 saturated carbocycles. The van der Waals surface area contributed by atoms with Crippen molar-refractivity contribution in [1.29, 1.82) is 0 Å². The second-order valence-corrected chi connectivity index (χ2v) is 7.55. The first kappa shape index (κ1) is 19.3. The van der Waals surface area contributed by atoms with Crippen LogP contribution in [0.1, 0.15) is 40.0 Å². The van der Waals surface area contributed by atoms with Gasteiger partial charge in [0.15, 0.2) is 0 Å². The summed E-state index contributed by atoms with van der Waals surface area (Å²) in [6.45, 7) is 1.38. The van der Waals surface area contributed by atoms with E-state index in [0.29, 0.717) is 50.0 Å². The third kappa shape index (κ3) is 4.13. The van der Waals surface area contributed by atoms with Crippen LogP contribution in [0.15, 0.2) is 22.7 Å². The topological polar surface area (TPSA) is 107 Å². The highest BCUT2D eigenvalue weighted by Gasteiger charge is 2.35. The number of benzene rings is 1. The van der Waals surface area contributed by atoms with Gasteiger partial charge in [0.2, 0.25) is 0 Å². The van der Waals surface area contributed by atoms with Crippen molar-refractivity contribution in [2.24, 2.45) is 5.92 Å². The zero-order chi connectivity index (χ0) is 19.6. The number of fused-ring (bicyclic) bond motifs is 1. The van der Waals surface area contributed by atoms with Crippen molar-refractivity contribution in [3.05, 3.63) is 33.8 Å². The average Bonchev–Trinajstić information content (AvgIpc) is 2.89. The van der Waals surface area contributed by atoms with E-state index >= 15 is 0 Å². The molecule has 1 saturated heterocycles. The molecule has 1 aromatic carbocycles. The van der Waals surface area contributed by atoms with Crippen LogP contribution < -0.4 is 5.32 Å². The van der Waals surface area contributed by atoms with Crippen LogP contribution in [-0.2, 0) is 4.79 Å². The van der Waals surface area contributed by atoms with Crippen LogP contribution in [0.25, 0.3) is 0 Å². The largest absolute Gasteiger partial charge is 0.481 e. The molecule has 0 radical (unpaired) electrons. The Labute approximate surface area is 164 Å². The van der Waals surface area contributed by atoms with E-state index in [1.165, 1.54) is 4.90 Å². The van der Waals surface area contributed by atoms with Gasteiger partial charge in [-0.05, 0) is 37.5 Å². The summed E-state index contributed by atoms with van der Waals surface area (Å²) < 4.78 is 0.739. The Hall–Kier alpha value is -2.42. The summed E-state index contributed by atoms with van der Waals surface area (Å²) in [6.07, 6.45) is 1.35. The first-order valence-corrected chi connectivity index (χ1v) is 9.59. The van der Waals surface area contributed by atoms with Crippen LogP contribution in [-0.4, -0.2) is 64.9 Å². The molecule has 4 amide bonds. The number of likely N-dealkylation sites (tertiary alicyclic amines) is 1. The first-order chi connectivity index (χ1) is 12.9. The maximum Gasteiger partial charge on any atom is 0.317 e. The number of hydrogen-bond donors (Lipinski definition) is 2.